The van der Waals surface area contributed by atoms with Crippen molar-refractivity contribution in [2.75, 3.05) is 13.7 Å². The van der Waals surface area contributed by atoms with Gasteiger partial charge < -0.3 is 9.84 Å². The van der Waals surface area contributed by atoms with Crippen LogP contribution in [-0.4, -0.2) is 40.8 Å². The van der Waals surface area contributed by atoms with Crippen molar-refractivity contribution in [2.45, 2.75) is 0 Å². The van der Waals surface area contributed by atoms with Crippen LogP contribution in [0, 0.1) is 0 Å². The molecule has 0 atom stereocenters. The van der Waals surface area contributed by atoms with Crippen LogP contribution < -0.4 is 0 Å². The number of ether oxygens (including phenoxy) is 1. The number of hydrogen-bond acceptors (Lipinski definition) is 8. The molecular weight excluding hydrogens is 382 g/mol. The van der Waals surface area contributed by atoms with E-state index in [0.717, 1.165) is 4.90 Å². The van der Waals surface area contributed by atoms with Crippen LogP contribution >= 0.6 is 11.8 Å². The molecule has 1 heterocycles. The van der Waals surface area contributed by atoms with Gasteiger partial charge in [-0.15, -0.1) is 0 Å². The zero-order valence-electron chi connectivity index (χ0n) is 14.7. The van der Waals surface area contributed by atoms with Crippen molar-refractivity contribution < 1.29 is 24.2 Å². The molecule has 8 nitrogen and oxygen atoms in total. The van der Waals surface area contributed by atoms with Gasteiger partial charge in [0.15, 0.2) is 0 Å². The van der Waals surface area contributed by atoms with E-state index in [4.69, 9.17) is 0 Å². The Morgan fingerprint density at radius 1 is 1.14 bits per heavy atom. The average Bonchev–Trinajstić information content (AvgIpc) is 2.96. The Hall–Kier alpha value is -3.46. The van der Waals surface area contributed by atoms with Gasteiger partial charge in [-0.1, -0.05) is 18.2 Å². The molecule has 0 unspecified atom stereocenters. The van der Waals surface area contributed by atoms with Gasteiger partial charge in [0, 0.05) is 5.56 Å². The van der Waals surface area contributed by atoms with Gasteiger partial charge in [-0.25, -0.2) is 0 Å². The number of carbonyl (C=O) groups excluding carboxylic acids is 3. The number of esters is 1. The summed E-state index contributed by atoms with van der Waals surface area (Å²) in [4.78, 5) is 36.6. The van der Waals surface area contributed by atoms with E-state index in [0.29, 0.717) is 28.7 Å². The maximum absolute atomic E-state index is 12.4. The predicted molar refractivity (Wildman–Crippen MR) is 103 cm³/mol. The number of methoxy groups -OCH3 is 1. The third-order valence-electron chi connectivity index (χ3n) is 3.72. The summed E-state index contributed by atoms with van der Waals surface area (Å²) >= 11 is 0.679. The van der Waals surface area contributed by atoms with Crippen LogP contribution in [0.25, 0.3) is 6.08 Å². The van der Waals surface area contributed by atoms with E-state index in [9.17, 15) is 19.5 Å². The summed E-state index contributed by atoms with van der Waals surface area (Å²) in [5.41, 5.74) is 1.43. The number of amides is 2. The zero-order chi connectivity index (χ0) is 20.1. The third kappa shape index (κ3) is 4.44. The minimum Gasteiger partial charge on any atom is -0.507 e. The number of rotatable bonds is 5. The molecule has 1 fully saturated rings. The Labute approximate surface area is 164 Å². The Morgan fingerprint density at radius 3 is 2.57 bits per heavy atom. The first-order valence-corrected chi connectivity index (χ1v) is 8.91. The molecule has 1 saturated heterocycles. The number of carbonyl (C=O) groups is 3. The fourth-order valence-corrected chi connectivity index (χ4v) is 3.13. The fraction of sp³-hybridized carbons (Fsp3) is 0.105. The molecule has 1 aliphatic heterocycles. The summed E-state index contributed by atoms with van der Waals surface area (Å²) in [5, 5.41) is 17.7. The average molecular weight is 397 g/mol. The van der Waals surface area contributed by atoms with Crippen LogP contribution in [0.15, 0.2) is 63.7 Å². The van der Waals surface area contributed by atoms with E-state index >= 15 is 0 Å². The van der Waals surface area contributed by atoms with Crippen molar-refractivity contribution in [3.8, 4) is 5.75 Å². The number of imide groups is 1. The van der Waals surface area contributed by atoms with Crippen LogP contribution in [0.3, 0.4) is 0 Å². The summed E-state index contributed by atoms with van der Waals surface area (Å²) in [6, 6.07) is 13.7. The minimum atomic E-state index is -0.699. The highest BCUT2D eigenvalue weighted by Crippen LogP contribution is 2.35. The van der Waals surface area contributed by atoms with Gasteiger partial charge in [-0.05, 0) is 48.2 Å². The van der Waals surface area contributed by atoms with Gasteiger partial charge in [0.2, 0.25) is 0 Å². The summed E-state index contributed by atoms with van der Waals surface area (Å²) in [6.45, 7) is -0.462. The molecule has 2 aromatic rings. The van der Waals surface area contributed by atoms with E-state index in [1.165, 1.54) is 25.3 Å². The van der Waals surface area contributed by atoms with E-state index in [1.54, 1.807) is 18.2 Å². The lowest BCUT2D eigenvalue weighted by Crippen LogP contribution is -2.34. The lowest BCUT2D eigenvalue weighted by Gasteiger charge is -2.09. The number of thioether (sulfide) groups is 1. The van der Waals surface area contributed by atoms with Crippen LogP contribution in [0.2, 0.25) is 0 Å². The summed E-state index contributed by atoms with van der Waals surface area (Å²) in [5.74, 6) is -1.41. The summed E-state index contributed by atoms with van der Waals surface area (Å²) < 4.78 is 4.48. The van der Waals surface area contributed by atoms with Crippen molar-refractivity contribution in [2.24, 2.45) is 10.2 Å². The van der Waals surface area contributed by atoms with Crippen LogP contribution in [-0.2, 0) is 14.3 Å². The van der Waals surface area contributed by atoms with Crippen LogP contribution in [0.1, 0.15) is 5.56 Å². The maximum atomic E-state index is 12.4. The van der Waals surface area contributed by atoms with Gasteiger partial charge in [0.1, 0.15) is 12.3 Å². The largest absolute Gasteiger partial charge is 0.507 e. The highest BCUT2D eigenvalue weighted by atomic mass is 32.2. The second kappa shape index (κ2) is 8.49. The van der Waals surface area contributed by atoms with Gasteiger partial charge in [0.25, 0.3) is 11.1 Å². The molecule has 0 aliphatic carbocycles. The lowest BCUT2D eigenvalue weighted by atomic mass is 10.1. The normalized spacial score (nSPS) is 15.6. The highest BCUT2D eigenvalue weighted by molar-refractivity contribution is 8.18. The monoisotopic (exact) mass is 397 g/mol. The van der Waals surface area contributed by atoms with Crippen LogP contribution in [0.5, 0.6) is 5.75 Å². The first-order chi connectivity index (χ1) is 13.5. The molecule has 0 bridgehead atoms. The molecule has 1 aliphatic rings. The Balaban J connectivity index is 1.83. The first kappa shape index (κ1) is 19.3. The molecule has 2 amide bonds. The van der Waals surface area contributed by atoms with E-state index in [-0.39, 0.29) is 10.7 Å². The standard InChI is InChI=1S/C19H15N3O5S/c1-27-17(24)11-22-18(25)16(28-19(22)26)10-12-9-14(7-8-15(12)23)21-20-13-5-3-2-4-6-13/h2-10,23H,11H2,1H3/b16-10-,21-20?. The molecule has 0 saturated carbocycles. The summed E-state index contributed by atoms with van der Waals surface area (Å²) in [7, 11) is 1.17. The number of benzene rings is 2. The molecule has 1 N–H and O–H groups in total. The Bertz CT molecular complexity index is 988. The topological polar surface area (TPSA) is 109 Å². The van der Waals surface area contributed by atoms with Gasteiger partial charge in [0.05, 0.1) is 23.4 Å². The van der Waals surface area contributed by atoms with Crippen molar-refractivity contribution in [1.29, 1.82) is 0 Å². The van der Waals surface area contributed by atoms with Gasteiger partial charge in [-0.3, -0.25) is 19.3 Å². The second-order valence-corrected chi connectivity index (χ2v) is 6.62. The quantitative estimate of drug-likeness (QED) is 0.464. The molecule has 28 heavy (non-hydrogen) atoms. The molecule has 0 aromatic heterocycles. The Kier molecular flexibility index (Phi) is 5.85. The second-order valence-electron chi connectivity index (χ2n) is 5.62. The molecule has 142 valence electrons. The smallest absolute Gasteiger partial charge is 0.325 e. The fourth-order valence-electron chi connectivity index (χ4n) is 2.30. The van der Waals surface area contributed by atoms with Crippen molar-refractivity contribution >= 4 is 46.3 Å². The highest BCUT2D eigenvalue weighted by Gasteiger charge is 2.36. The summed E-state index contributed by atoms with van der Waals surface area (Å²) in [6.07, 6.45) is 1.37. The number of phenolic OH excluding ortho intramolecular Hbond substituents is 1. The SMILES string of the molecule is COC(=O)CN1C(=O)S/C(=C\c2cc(N=Nc3ccccc3)ccc2O)C1=O. The third-order valence-corrected chi connectivity index (χ3v) is 4.63. The van der Waals surface area contributed by atoms with E-state index in [1.807, 2.05) is 18.2 Å². The van der Waals surface area contributed by atoms with Crippen molar-refractivity contribution in [1.82, 2.24) is 4.90 Å². The van der Waals surface area contributed by atoms with Crippen molar-refractivity contribution in [3.05, 3.63) is 59.0 Å². The maximum Gasteiger partial charge on any atom is 0.325 e. The number of hydrogen-bond donors (Lipinski definition) is 1. The number of nitrogens with zero attached hydrogens (tertiary/aromatic N) is 3. The van der Waals surface area contributed by atoms with Gasteiger partial charge in [-0.2, -0.15) is 10.2 Å². The molecule has 0 spiro atoms. The van der Waals surface area contributed by atoms with E-state index < -0.39 is 23.7 Å². The number of aromatic hydroxyl groups is 1. The Morgan fingerprint density at radius 2 is 1.86 bits per heavy atom. The zero-order valence-corrected chi connectivity index (χ0v) is 15.5. The van der Waals surface area contributed by atoms with Gasteiger partial charge >= 0.3 is 5.97 Å². The molecule has 2 aromatic carbocycles. The molecular formula is C19H15N3O5S. The first-order valence-electron chi connectivity index (χ1n) is 8.10. The molecule has 9 heteroatoms. The number of azo groups is 1. The lowest BCUT2D eigenvalue weighted by molar-refractivity contribution is -0.143. The minimum absolute atomic E-state index is 0.0846. The molecule has 3 rings (SSSR count). The van der Waals surface area contributed by atoms with Crippen molar-refractivity contribution in [3.63, 3.8) is 0 Å². The van der Waals surface area contributed by atoms with E-state index in [2.05, 4.69) is 15.0 Å². The molecule has 0 radical (unpaired) electrons. The number of phenols is 1. The van der Waals surface area contributed by atoms with Crippen LogP contribution in [0.4, 0.5) is 16.2 Å². The predicted octanol–water partition coefficient (Wildman–Crippen LogP) is 4.02.